The third-order valence-electron chi connectivity index (χ3n) is 5.46. The second-order valence-corrected chi connectivity index (χ2v) is 8.35. The van der Waals surface area contributed by atoms with E-state index >= 15 is 0 Å². The van der Waals surface area contributed by atoms with E-state index in [4.69, 9.17) is 0 Å². The zero-order valence-corrected chi connectivity index (χ0v) is 19.4. The zero-order valence-electron chi connectivity index (χ0n) is 19.4. The van der Waals surface area contributed by atoms with Gasteiger partial charge in [0.05, 0.1) is 12.0 Å². The minimum absolute atomic E-state index is 0.162. The maximum Gasteiger partial charge on any atom is 0.271 e. The number of aromatic nitrogens is 1. The summed E-state index contributed by atoms with van der Waals surface area (Å²) in [6.45, 7) is 7.45. The van der Waals surface area contributed by atoms with Gasteiger partial charge in [-0.3, -0.25) is 25.2 Å². The molecule has 7 nitrogen and oxygen atoms in total. The fourth-order valence-electron chi connectivity index (χ4n) is 3.77. The number of hydrogen-bond donors (Lipinski definition) is 3. The predicted octanol–water partition coefficient (Wildman–Crippen LogP) is 3.24. The Morgan fingerprint density at radius 2 is 1.48 bits per heavy atom. The Morgan fingerprint density at radius 1 is 0.879 bits per heavy atom. The Hall–Kier alpha value is -3.87. The molecule has 0 unspecified atom stereocenters. The van der Waals surface area contributed by atoms with E-state index in [1.54, 1.807) is 6.07 Å². The van der Waals surface area contributed by atoms with Gasteiger partial charge in [0.2, 0.25) is 5.91 Å². The Bertz CT molecular complexity index is 1120. The van der Waals surface area contributed by atoms with Gasteiger partial charge in [-0.15, -0.1) is 0 Å². The van der Waals surface area contributed by atoms with Gasteiger partial charge < -0.3 is 9.88 Å². The van der Waals surface area contributed by atoms with Crippen molar-refractivity contribution in [1.82, 2.24) is 20.7 Å². The first-order chi connectivity index (χ1) is 15.8. The van der Waals surface area contributed by atoms with Crippen LogP contribution in [0.4, 0.5) is 0 Å². The maximum atomic E-state index is 12.8. The number of benzene rings is 2. The lowest BCUT2D eigenvalue weighted by Crippen LogP contribution is -2.54. The standard InChI is InChI=1S/C26H30N4O3/c1-17(2)24(27-23(31)16-20-11-7-5-8-12-20)26(33)29-28-25(32)22-15-18(3)30(19(22)4)21-13-9-6-10-14-21/h5-15,17,24H,16H2,1-4H3,(H,27,31)(H,28,32)(H,29,33)/t24-/m0/s1. The molecule has 0 aliphatic carbocycles. The minimum Gasteiger partial charge on any atom is -0.344 e. The summed E-state index contributed by atoms with van der Waals surface area (Å²) in [6, 6.07) is 20.1. The molecule has 0 spiro atoms. The third kappa shape index (κ3) is 5.88. The van der Waals surface area contributed by atoms with Crippen molar-refractivity contribution in [3.05, 3.63) is 89.2 Å². The number of hydrogen-bond acceptors (Lipinski definition) is 3. The molecular weight excluding hydrogens is 416 g/mol. The van der Waals surface area contributed by atoms with Crippen LogP contribution in [0.3, 0.4) is 0 Å². The Labute approximate surface area is 194 Å². The molecule has 1 atom stereocenters. The molecule has 1 heterocycles. The van der Waals surface area contributed by atoms with Gasteiger partial charge >= 0.3 is 0 Å². The second kappa shape index (κ2) is 10.6. The van der Waals surface area contributed by atoms with Crippen LogP contribution >= 0.6 is 0 Å². The van der Waals surface area contributed by atoms with Crippen molar-refractivity contribution in [3.63, 3.8) is 0 Å². The Kier molecular flexibility index (Phi) is 7.66. The van der Waals surface area contributed by atoms with E-state index in [0.29, 0.717) is 5.56 Å². The molecule has 0 radical (unpaired) electrons. The van der Waals surface area contributed by atoms with E-state index in [1.165, 1.54) is 0 Å². The van der Waals surface area contributed by atoms with Crippen molar-refractivity contribution < 1.29 is 14.4 Å². The highest BCUT2D eigenvalue weighted by Crippen LogP contribution is 2.20. The molecule has 33 heavy (non-hydrogen) atoms. The second-order valence-electron chi connectivity index (χ2n) is 8.35. The van der Waals surface area contributed by atoms with Gasteiger partial charge in [-0.05, 0) is 43.5 Å². The first-order valence-corrected chi connectivity index (χ1v) is 11.0. The molecule has 0 aliphatic rings. The van der Waals surface area contributed by atoms with Crippen molar-refractivity contribution in [2.24, 2.45) is 5.92 Å². The highest BCUT2D eigenvalue weighted by atomic mass is 16.2. The number of nitrogens with zero attached hydrogens (tertiary/aromatic N) is 1. The molecule has 172 valence electrons. The normalized spacial score (nSPS) is 11.7. The molecule has 2 aromatic carbocycles. The van der Waals surface area contributed by atoms with Crippen LogP contribution in [0.15, 0.2) is 66.7 Å². The van der Waals surface area contributed by atoms with Gasteiger partial charge in [-0.25, -0.2) is 0 Å². The van der Waals surface area contributed by atoms with Crippen LogP contribution in [0, 0.1) is 19.8 Å². The van der Waals surface area contributed by atoms with Crippen LogP contribution < -0.4 is 16.2 Å². The van der Waals surface area contributed by atoms with Crippen molar-refractivity contribution >= 4 is 17.7 Å². The lowest BCUT2D eigenvalue weighted by atomic mass is 10.0. The van der Waals surface area contributed by atoms with E-state index in [2.05, 4.69) is 16.2 Å². The van der Waals surface area contributed by atoms with Crippen molar-refractivity contribution in [3.8, 4) is 5.69 Å². The third-order valence-corrected chi connectivity index (χ3v) is 5.46. The van der Waals surface area contributed by atoms with Crippen LogP contribution in [0.2, 0.25) is 0 Å². The molecular formula is C26H30N4O3. The number of carbonyl (C=O) groups excluding carboxylic acids is 3. The fourth-order valence-corrected chi connectivity index (χ4v) is 3.77. The van der Waals surface area contributed by atoms with Gasteiger partial charge in [0.25, 0.3) is 11.8 Å². The molecule has 3 rings (SSSR count). The van der Waals surface area contributed by atoms with E-state index < -0.39 is 17.9 Å². The highest BCUT2D eigenvalue weighted by Gasteiger charge is 2.25. The number of amides is 3. The van der Waals surface area contributed by atoms with E-state index in [0.717, 1.165) is 22.6 Å². The Morgan fingerprint density at radius 3 is 2.09 bits per heavy atom. The average Bonchev–Trinajstić information content (AvgIpc) is 3.10. The summed E-state index contributed by atoms with van der Waals surface area (Å²) in [7, 11) is 0. The number of nitrogens with one attached hydrogen (secondary N) is 3. The molecule has 7 heteroatoms. The van der Waals surface area contributed by atoms with E-state index in [-0.39, 0.29) is 18.2 Å². The van der Waals surface area contributed by atoms with Crippen LogP contribution in [0.1, 0.15) is 41.2 Å². The minimum atomic E-state index is -0.779. The van der Waals surface area contributed by atoms with Crippen LogP contribution in [0.5, 0.6) is 0 Å². The van der Waals surface area contributed by atoms with E-state index in [1.807, 2.05) is 92.9 Å². The highest BCUT2D eigenvalue weighted by molar-refractivity contribution is 5.97. The number of rotatable bonds is 7. The molecule has 0 fully saturated rings. The summed E-state index contributed by atoms with van der Waals surface area (Å²) >= 11 is 0. The van der Waals surface area contributed by atoms with Gasteiger partial charge in [0, 0.05) is 17.1 Å². The summed E-state index contributed by atoms with van der Waals surface area (Å²) in [5.74, 6) is -1.31. The lowest BCUT2D eigenvalue weighted by Gasteiger charge is -2.22. The van der Waals surface area contributed by atoms with E-state index in [9.17, 15) is 14.4 Å². The van der Waals surface area contributed by atoms with Crippen LogP contribution in [-0.4, -0.2) is 28.3 Å². The molecule has 3 N–H and O–H groups in total. The van der Waals surface area contributed by atoms with Gasteiger partial charge in [0.1, 0.15) is 6.04 Å². The SMILES string of the molecule is Cc1cc(C(=O)NNC(=O)[C@@H](NC(=O)Cc2ccccc2)C(C)C)c(C)n1-c1ccccc1. The fraction of sp³-hybridized carbons (Fsp3) is 0.269. The molecule has 0 aliphatic heterocycles. The Balaban J connectivity index is 1.64. The summed E-state index contributed by atoms with van der Waals surface area (Å²) in [4.78, 5) is 38.0. The first kappa shape index (κ1) is 23.8. The first-order valence-electron chi connectivity index (χ1n) is 11.0. The number of carbonyl (C=O) groups is 3. The molecule has 3 aromatic rings. The van der Waals surface area contributed by atoms with Crippen molar-refractivity contribution in [2.45, 2.75) is 40.2 Å². The predicted molar refractivity (Wildman–Crippen MR) is 128 cm³/mol. The summed E-state index contributed by atoms with van der Waals surface area (Å²) in [6.07, 6.45) is 0.176. The van der Waals surface area contributed by atoms with Crippen LogP contribution in [-0.2, 0) is 16.0 Å². The molecule has 0 bridgehead atoms. The molecule has 0 saturated carbocycles. The molecule has 0 saturated heterocycles. The van der Waals surface area contributed by atoms with Gasteiger partial charge in [0.15, 0.2) is 0 Å². The zero-order chi connectivity index (χ0) is 24.0. The topological polar surface area (TPSA) is 92.2 Å². The maximum absolute atomic E-state index is 12.8. The summed E-state index contributed by atoms with van der Waals surface area (Å²) in [5, 5.41) is 2.77. The van der Waals surface area contributed by atoms with Gasteiger partial charge in [-0.1, -0.05) is 62.4 Å². The smallest absolute Gasteiger partial charge is 0.271 e. The molecule has 1 aromatic heterocycles. The number of aryl methyl sites for hydroxylation is 1. The average molecular weight is 447 g/mol. The van der Waals surface area contributed by atoms with Crippen molar-refractivity contribution in [1.29, 1.82) is 0 Å². The van der Waals surface area contributed by atoms with Gasteiger partial charge in [-0.2, -0.15) is 0 Å². The van der Waals surface area contributed by atoms with Crippen molar-refractivity contribution in [2.75, 3.05) is 0 Å². The number of hydrazine groups is 1. The quantitative estimate of drug-likeness (QED) is 0.487. The largest absolute Gasteiger partial charge is 0.344 e. The lowest BCUT2D eigenvalue weighted by molar-refractivity contribution is -0.130. The monoisotopic (exact) mass is 446 g/mol. The number of para-hydroxylation sites is 1. The van der Waals surface area contributed by atoms with Crippen LogP contribution in [0.25, 0.3) is 5.69 Å². The summed E-state index contributed by atoms with van der Waals surface area (Å²) in [5.41, 5.74) is 8.90. The molecule has 3 amide bonds. The summed E-state index contributed by atoms with van der Waals surface area (Å²) < 4.78 is 1.98.